The van der Waals surface area contributed by atoms with Gasteiger partial charge in [0.1, 0.15) is 0 Å². The molecule has 0 radical (unpaired) electrons. The molecule has 28 heavy (non-hydrogen) atoms. The summed E-state index contributed by atoms with van der Waals surface area (Å²) in [5.41, 5.74) is 1.41. The van der Waals surface area contributed by atoms with Gasteiger partial charge in [-0.05, 0) is 36.8 Å². The van der Waals surface area contributed by atoms with E-state index in [1.807, 2.05) is 28.8 Å². The van der Waals surface area contributed by atoms with E-state index in [4.69, 9.17) is 23.2 Å². The molecular formula is C20H20Cl2N4OS. The normalized spacial score (nSPS) is 10.8. The Balaban J connectivity index is 1.85. The lowest BCUT2D eigenvalue weighted by molar-refractivity contribution is 0.0949. The molecule has 0 spiro atoms. The van der Waals surface area contributed by atoms with E-state index in [9.17, 15) is 4.79 Å². The first kappa shape index (κ1) is 20.7. The Morgan fingerprint density at radius 2 is 1.89 bits per heavy atom. The van der Waals surface area contributed by atoms with Crippen LogP contribution in [0.5, 0.6) is 0 Å². The highest BCUT2D eigenvalue weighted by Crippen LogP contribution is 2.28. The monoisotopic (exact) mass is 434 g/mol. The minimum atomic E-state index is -0.163. The summed E-state index contributed by atoms with van der Waals surface area (Å²) in [6, 6.07) is 14.5. The Hall–Kier alpha value is -2.02. The minimum Gasteiger partial charge on any atom is -0.345 e. The van der Waals surface area contributed by atoms with Crippen molar-refractivity contribution >= 4 is 40.9 Å². The Bertz CT molecular complexity index is 947. The molecule has 0 atom stereocenters. The van der Waals surface area contributed by atoms with Gasteiger partial charge in [0, 0.05) is 11.3 Å². The average Bonchev–Trinajstić information content (AvgIpc) is 3.12. The van der Waals surface area contributed by atoms with Gasteiger partial charge in [0.2, 0.25) is 0 Å². The third-order valence-electron chi connectivity index (χ3n) is 4.03. The van der Waals surface area contributed by atoms with Crippen molar-refractivity contribution in [2.45, 2.75) is 31.5 Å². The van der Waals surface area contributed by atoms with Gasteiger partial charge < -0.3 is 5.32 Å². The van der Waals surface area contributed by atoms with Crippen LogP contribution in [-0.4, -0.2) is 26.4 Å². The second-order valence-electron chi connectivity index (χ2n) is 6.08. The fraction of sp³-hybridized carbons (Fsp3) is 0.250. The molecule has 0 saturated heterocycles. The van der Waals surface area contributed by atoms with Crippen LogP contribution in [0.15, 0.2) is 53.7 Å². The zero-order valence-corrected chi connectivity index (χ0v) is 17.7. The van der Waals surface area contributed by atoms with Crippen molar-refractivity contribution in [3.63, 3.8) is 0 Å². The first-order valence-corrected chi connectivity index (χ1v) is 10.7. The lowest BCUT2D eigenvalue weighted by Crippen LogP contribution is -2.24. The van der Waals surface area contributed by atoms with E-state index in [0.717, 1.165) is 29.4 Å². The van der Waals surface area contributed by atoms with E-state index in [2.05, 4.69) is 22.4 Å². The van der Waals surface area contributed by atoms with Crippen molar-refractivity contribution in [2.24, 2.45) is 0 Å². The Morgan fingerprint density at radius 1 is 1.11 bits per heavy atom. The molecule has 3 rings (SSSR count). The molecule has 0 bridgehead atoms. The Labute approximate surface area is 178 Å². The maximum Gasteiger partial charge on any atom is 0.251 e. The van der Waals surface area contributed by atoms with E-state index >= 15 is 0 Å². The first-order valence-electron chi connectivity index (χ1n) is 8.96. The average molecular weight is 435 g/mol. The standard InChI is InChI=1S/C20H20Cl2N4OS/c1-2-3-11-28-20-25-24-18(13-23-19(27)14-7-5-4-6-8-14)26(20)15-9-10-16(21)17(22)12-15/h4-10,12H,2-3,11,13H2,1H3,(H,23,27). The largest absolute Gasteiger partial charge is 0.345 e. The molecule has 146 valence electrons. The van der Waals surface area contributed by atoms with Crippen molar-refractivity contribution < 1.29 is 4.79 Å². The SMILES string of the molecule is CCCCSc1nnc(CNC(=O)c2ccccc2)n1-c1ccc(Cl)c(Cl)c1. The number of hydrogen-bond acceptors (Lipinski definition) is 4. The summed E-state index contributed by atoms with van der Waals surface area (Å²) in [7, 11) is 0. The van der Waals surface area contributed by atoms with Crippen LogP contribution in [0, 0.1) is 0 Å². The summed E-state index contributed by atoms with van der Waals surface area (Å²) in [5, 5.41) is 13.2. The molecule has 2 aromatic carbocycles. The van der Waals surface area contributed by atoms with Crippen LogP contribution >= 0.6 is 35.0 Å². The topological polar surface area (TPSA) is 59.8 Å². The summed E-state index contributed by atoms with van der Waals surface area (Å²) in [4.78, 5) is 12.4. The quantitative estimate of drug-likeness (QED) is 0.380. The number of carbonyl (C=O) groups excluding carboxylic acids is 1. The second kappa shape index (κ2) is 9.96. The van der Waals surface area contributed by atoms with Gasteiger partial charge in [-0.25, -0.2) is 0 Å². The molecule has 0 aliphatic heterocycles. The van der Waals surface area contributed by atoms with E-state index in [-0.39, 0.29) is 12.5 Å². The van der Waals surface area contributed by atoms with E-state index < -0.39 is 0 Å². The molecule has 0 aliphatic carbocycles. The highest BCUT2D eigenvalue weighted by atomic mass is 35.5. The van der Waals surface area contributed by atoms with Gasteiger partial charge in [0.15, 0.2) is 11.0 Å². The number of unbranched alkanes of at least 4 members (excludes halogenated alkanes) is 1. The highest BCUT2D eigenvalue weighted by Gasteiger charge is 2.16. The van der Waals surface area contributed by atoms with E-state index in [1.165, 1.54) is 0 Å². The van der Waals surface area contributed by atoms with Crippen LogP contribution in [0.3, 0.4) is 0 Å². The van der Waals surface area contributed by atoms with Crippen LogP contribution in [0.1, 0.15) is 35.9 Å². The lowest BCUT2D eigenvalue weighted by Gasteiger charge is -2.12. The summed E-state index contributed by atoms with van der Waals surface area (Å²) in [5.74, 6) is 1.40. The zero-order chi connectivity index (χ0) is 19.9. The number of thioether (sulfide) groups is 1. The van der Waals surface area contributed by atoms with E-state index in [1.54, 1.807) is 36.0 Å². The maximum absolute atomic E-state index is 12.4. The molecule has 0 aliphatic rings. The van der Waals surface area contributed by atoms with Crippen molar-refractivity contribution in [2.75, 3.05) is 5.75 Å². The van der Waals surface area contributed by atoms with Crippen LogP contribution in [0.4, 0.5) is 0 Å². The number of nitrogens with one attached hydrogen (secondary N) is 1. The first-order chi connectivity index (χ1) is 13.6. The molecule has 1 N–H and O–H groups in total. The smallest absolute Gasteiger partial charge is 0.251 e. The predicted octanol–water partition coefficient (Wildman–Crippen LogP) is 5.40. The van der Waals surface area contributed by atoms with Crippen LogP contribution in [0.2, 0.25) is 10.0 Å². The summed E-state index contributed by atoms with van der Waals surface area (Å²) < 4.78 is 1.91. The summed E-state index contributed by atoms with van der Waals surface area (Å²) in [6.45, 7) is 2.39. The van der Waals surface area contributed by atoms with Crippen molar-refractivity contribution in [1.29, 1.82) is 0 Å². The predicted molar refractivity (Wildman–Crippen MR) is 115 cm³/mol. The molecule has 3 aromatic rings. The number of nitrogens with zero attached hydrogens (tertiary/aromatic N) is 3. The summed E-state index contributed by atoms with van der Waals surface area (Å²) >= 11 is 13.9. The van der Waals surface area contributed by atoms with Gasteiger partial charge in [-0.15, -0.1) is 10.2 Å². The Morgan fingerprint density at radius 3 is 2.61 bits per heavy atom. The number of hydrogen-bond donors (Lipinski definition) is 1. The molecule has 1 heterocycles. The lowest BCUT2D eigenvalue weighted by atomic mass is 10.2. The van der Waals surface area contributed by atoms with E-state index in [0.29, 0.717) is 21.4 Å². The van der Waals surface area contributed by atoms with Crippen LogP contribution in [-0.2, 0) is 6.54 Å². The van der Waals surface area contributed by atoms with Gasteiger partial charge in [0.25, 0.3) is 5.91 Å². The maximum atomic E-state index is 12.4. The molecule has 0 saturated carbocycles. The van der Waals surface area contributed by atoms with Gasteiger partial charge in [0.05, 0.1) is 22.3 Å². The molecule has 0 fully saturated rings. The Kier molecular flexibility index (Phi) is 7.36. The number of aromatic nitrogens is 3. The third kappa shape index (κ3) is 5.07. The van der Waals surface area contributed by atoms with Gasteiger partial charge >= 0.3 is 0 Å². The van der Waals surface area contributed by atoms with Gasteiger partial charge in [-0.1, -0.05) is 66.5 Å². The van der Waals surface area contributed by atoms with Crippen LogP contribution < -0.4 is 5.32 Å². The fourth-order valence-corrected chi connectivity index (χ4v) is 3.90. The van der Waals surface area contributed by atoms with Crippen molar-refractivity contribution in [3.8, 4) is 5.69 Å². The molecule has 1 aromatic heterocycles. The molecular weight excluding hydrogens is 415 g/mol. The third-order valence-corrected chi connectivity index (χ3v) is 5.79. The number of rotatable bonds is 8. The van der Waals surface area contributed by atoms with Crippen LogP contribution in [0.25, 0.3) is 5.69 Å². The number of amides is 1. The summed E-state index contributed by atoms with van der Waals surface area (Å²) in [6.07, 6.45) is 2.19. The molecule has 5 nitrogen and oxygen atoms in total. The number of benzene rings is 2. The molecule has 0 unspecified atom stereocenters. The van der Waals surface area contributed by atoms with Crippen molar-refractivity contribution in [1.82, 2.24) is 20.1 Å². The second-order valence-corrected chi connectivity index (χ2v) is 7.96. The highest BCUT2D eigenvalue weighted by molar-refractivity contribution is 7.99. The number of halogens is 2. The molecule has 8 heteroatoms. The van der Waals surface area contributed by atoms with Gasteiger partial charge in [-0.2, -0.15) is 0 Å². The minimum absolute atomic E-state index is 0.163. The number of carbonyl (C=O) groups is 1. The zero-order valence-electron chi connectivity index (χ0n) is 15.4. The van der Waals surface area contributed by atoms with Gasteiger partial charge in [-0.3, -0.25) is 9.36 Å². The van der Waals surface area contributed by atoms with Crippen molar-refractivity contribution in [3.05, 3.63) is 70.0 Å². The molecule has 1 amide bonds. The fourth-order valence-electron chi connectivity index (χ4n) is 2.55.